The van der Waals surface area contributed by atoms with E-state index in [1.165, 1.54) is 32.2 Å². The van der Waals surface area contributed by atoms with E-state index in [2.05, 4.69) is 26.3 Å². The summed E-state index contributed by atoms with van der Waals surface area (Å²) in [5.41, 5.74) is 5.44. The lowest BCUT2D eigenvalue weighted by molar-refractivity contribution is -0.187. The minimum Gasteiger partial charge on any atom is -0.495 e. The monoisotopic (exact) mass is 1220 g/mol. The van der Waals surface area contributed by atoms with Gasteiger partial charge in [0.15, 0.2) is 5.78 Å². The van der Waals surface area contributed by atoms with E-state index in [1.807, 2.05) is 26.8 Å². The zero-order valence-corrected chi connectivity index (χ0v) is 51.5. The van der Waals surface area contributed by atoms with Crippen molar-refractivity contribution in [3.8, 4) is 5.75 Å². The number of carbonyl (C=O) groups excluding carboxylic acids is 7. The Hall–Kier alpha value is -6.60. The molecule has 7 N–H and O–H groups in total. The van der Waals surface area contributed by atoms with Crippen molar-refractivity contribution in [2.75, 3.05) is 71.0 Å². The van der Waals surface area contributed by atoms with E-state index in [4.69, 9.17) is 62.7 Å². The van der Waals surface area contributed by atoms with Gasteiger partial charge in [-0.2, -0.15) is 0 Å². The number of fused-ring (bicyclic) bond motifs is 6. The number of hydrogen-bond donors (Lipinski definition) is 6. The first-order valence-electron chi connectivity index (χ1n) is 28.6. The van der Waals surface area contributed by atoms with Crippen molar-refractivity contribution >= 4 is 92.6 Å². The number of aliphatic hydroxyl groups is 1. The molecule has 9 atom stereocenters. The van der Waals surface area contributed by atoms with Gasteiger partial charge < -0.3 is 64.8 Å². The van der Waals surface area contributed by atoms with E-state index >= 15 is 0 Å². The number of carbonyl (C=O) groups is 7. The summed E-state index contributed by atoms with van der Waals surface area (Å²) in [6, 6.07) is 8.51. The number of epoxide rings is 1. The van der Waals surface area contributed by atoms with Crippen LogP contribution in [-0.4, -0.2) is 159 Å². The molecular formula is C61H82ClN7O15S. The molecule has 5 amide bonds. The molecule has 4 bridgehead atoms. The lowest BCUT2D eigenvalue weighted by Crippen LogP contribution is -2.53. The summed E-state index contributed by atoms with van der Waals surface area (Å²) in [5, 5.41) is 24.2. The fourth-order valence-corrected chi connectivity index (χ4v) is 11.3. The van der Waals surface area contributed by atoms with Crippen LogP contribution >= 0.6 is 23.8 Å². The number of allylic oxidation sites excluding steroid dienone is 3. The number of thiocarbonyl (C=S) groups is 1. The van der Waals surface area contributed by atoms with Crippen LogP contribution in [0.15, 0.2) is 66.4 Å². The number of methoxy groups -OCH3 is 2. The Morgan fingerprint density at radius 3 is 2.47 bits per heavy atom. The smallest absolute Gasteiger partial charge is 0.412 e. The number of ether oxygens (including phenoxy) is 7. The molecule has 6 rings (SSSR count). The van der Waals surface area contributed by atoms with Gasteiger partial charge in [0, 0.05) is 76.3 Å². The van der Waals surface area contributed by atoms with E-state index in [1.54, 1.807) is 69.4 Å². The van der Waals surface area contributed by atoms with Crippen LogP contribution in [0.3, 0.4) is 0 Å². The summed E-state index contributed by atoms with van der Waals surface area (Å²) in [7, 11) is 4.48. The molecule has 85 heavy (non-hydrogen) atoms. The van der Waals surface area contributed by atoms with Crippen LogP contribution in [0.1, 0.15) is 97.6 Å². The zero-order valence-electron chi connectivity index (χ0n) is 49.9. The Morgan fingerprint density at radius 2 is 1.78 bits per heavy atom. The van der Waals surface area contributed by atoms with Crippen LogP contribution < -0.4 is 36.6 Å². The third kappa shape index (κ3) is 18.7. The Morgan fingerprint density at radius 1 is 1.04 bits per heavy atom. The first kappa shape index (κ1) is 67.5. The van der Waals surface area contributed by atoms with Gasteiger partial charge >= 0.3 is 18.1 Å². The van der Waals surface area contributed by atoms with Crippen LogP contribution in [0.25, 0.3) is 10.9 Å². The number of rotatable bonds is 25. The number of halogens is 1. The maximum absolute atomic E-state index is 14.6. The molecular weight excluding hydrogens is 1140 g/mol. The largest absolute Gasteiger partial charge is 0.495 e. The number of nitrogens with two attached hydrogens (primary N) is 1. The van der Waals surface area contributed by atoms with Gasteiger partial charge in [0.25, 0.3) is 0 Å². The Balaban J connectivity index is 1.21. The molecule has 464 valence electrons. The number of urea groups is 1. The first-order valence-corrected chi connectivity index (χ1v) is 29.4. The fraction of sp³-hybridized carbons (Fsp3) is 0.557. The van der Waals surface area contributed by atoms with Crippen molar-refractivity contribution in [2.24, 2.45) is 23.5 Å². The minimum atomic E-state index is -1.65. The summed E-state index contributed by atoms with van der Waals surface area (Å²) in [5.74, 6) is -2.80. The van der Waals surface area contributed by atoms with E-state index in [0.29, 0.717) is 85.1 Å². The van der Waals surface area contributed by atoms with Crippen LogP contribution in [0.5, 0.6) is 5.75 Å². The molecule has 1 aromatic heterocycles. The molecule has 2 saturated heterocycles. The highest BCUT2D eigenvalue weighted by Gasteiger charge is 2.64. The van der Waals surface area contributed by atoms with Gasteiger partial charge in [0.2, 0.25) is 11.8 Å². The number of nitrogens with zero attached hydrogens (tertiary/aromatic N) is 2. The number of hydrogen-bond acceptors (Lipinski definition) is 17. The summed E-state index contributed by atoms with van der Waals surface area (Å²) in [6.45, 7) is 12.6. The van der Waals surface area contributed by atoms with Gasteiger partial charge in [-0.05, 0) is 81.3 Å². The quantitative estimate of drug-likeness (QED) is 0.0220. The van der Waals surface area contributed by atoms with Gasteiger partial charge in [-0.25, -0.2) is 9.59 Å². The molecule has 0 unspecified atom stereocenters. The van der Waals surface area contributed by atoms with Gasteiger partial charge in [-0.15, -0.1) is 0 Å². The molecule has 0 aliphatic carbocycles. The van der Waals surface area contributed by atoms with Crippen molar-refractivity contribution in [3.05, 3.63) is 82.5 Å². The second-order valence-electron chi connectivity index (χ2n) is 22.5. The summed E-state index contributed by atoms with van der Waals surface area (Å²) in [4.78, 5) is 99.7. The standard InChI is InChI=1S/C61H82ClN7O15S/c1-35(2)42(31-51(85)64-22-24-81-26-25-80-23-19-37(4)70)57(74)67-43(15-12-21-66-58(63)75)46(71)30-40-17-18-44(55-41(40)14-11-20-65-55)68-59(76)83-50-32-52(72)69(7)45-28-39(29-47(78-8)54(45)62)27-36(3)13-10-16-49(79-9)61(77)33-48(82-53(73)34-61)38(5)56-60(50,6)84-56/h10-11,13-14,16-18,20,28-29,35,38,42-43,48-50,56,77H,12,15,19,21-27,30-34H2,1-9H3,(H,64,85)(H,67,74)(H,68,76)(H3,63,66,75)/b16-10+,36-13+/t38-,42+,43+,48+,49-,50+,56+,60+,61-/m1/s1. The molecule has 0 saturated carbocycles. The highest BCUT2D eigenvalue weighted by atomic mass is 35.5. The molecule has 2 fully saturated rings. The Bertz CT molecular complexity index is 2980. The number of anilines is 2. The Labute approximate surface area is 506 Å². The van der Waals surface area contributed by atoms with Crippen molar-refractivity contribution in [2.45, 2.75) is 141 Å². The average molecular weight is 1220 g/mol. The molecule has 4 heterocycles. The van der Waals surface area contributed by atoms with Gasteiger partial charge in [-0.3, -0.25) is 34.3 Å². The van der Waals surface area contributed by atoms with Crippen molar-refractivity contribution in [1.82, 2.24) is 20.9 Å². The number of esters is 1. The highest BCUT2D eigenvalue weighted by molar-refractivity contribution is 7.80. The number of primary amides is 1. The van der Waals surface area contributed by atoms with Gasteiger partial charge in [0.05, 0.1) is 80.4 Å². The molecule has 24 heteroatoms. The minimum absolute atomic E-state index is 0.00165. The third-order valence-corrected chi connectivity index (χ3v) is 16.4. The lowest BCUT2D eigenvalue weighted by atomic mass is 9.78. The predicted octanol–water partition coefficient (Wildman–Crippen LogP) is 6.81. The molecule has 3 aromatic rings. The number of nitrogens with one attached hydrogen (secondary N) is 4. The SMILES string of the molecule is COc1cc2cc(c1Cl)N(C)C(=O)C[C@H](OC(=O)Nc1ccc(CC(=O)[C@H](CCCNC(N)=O)NC(=O)[C@@H](CC(=S)NCCOCCOCCC(C)=O)C(C)C)c3cccnc13)[C@]1(C)O[C@H]1[C@H](C)[C@@H]1C[C@@](O)(CC(=O)O1)[C@H](OC)/C=C/C=C(\C)C2. The van der Waals surface area contributed by atoms with Crippen molar-refractivity contribution in [1.29, 1.82) is 0 Å². The molecule has 22 nitrogen and oxygen atoms in total. The van der Waals surface area contributed by atoms with E-state index in [-0.39, 0.29) is 72.8 Å². The zero-order chi connectivity index (χ0) is 62.2. The third-order valence-electron chi connectivity index (χ3n) is 15.7. The molecule has 0 radical (unpaired) electrons. The lowest BCUT2D eigenvalue weighted by Gasteiger charge is -2.41. The fourth-order valence-electron chi connectivity index (χ4n) is 10.7. The second kappa shape index (κ2) is 31.2. The van der Waals surface area contributed by atoms with Gasteiger partial charge in [-0.1, -0.05) is 80.5 Å². The second-order valence-corrected chi connectivity index (χ2v) is 23.4. The van der Waals surface area contributed by atoms with Gasteiger partial charge in [0.1, 0.15) is 46.1 Å². The normalized spacial score (nSPS) is 24.2. The summed E-state index contributed by atoms with van der Waals surface area (Å²) < 4.78 is 40.9. The van der Waals surface area contributed by atoms with Crippen LogP contribution in [-0.2, 0) is 65.2 Å². The number of Topliss-reactive ketones (excluding diaryl/α,β-unsaturated/α-hetero) is 2. The van der Waals surface area contributed by atoms with Crippen molar-refractivity contribution < 1.29 is 71.8 Å². The van der Waals surface area contributed by atoms with E-state index in [0.717, 1.165) is 11.1 Å². The number of benzene rings is 2. The van der Waals surface area contributed by atoms with Crippen LogP contribution in [0.4, 0.5) is 21.0 Å². The number of amides is 5. The van der Waals surface area contributed by atoms with Crippen molar-refractivity contribution in [3.63, 3.8) is 0 Å². The van der Waals surface area contributed by atoms with E-state index < -0.39 is 83.9 Å². The van der Waals surface area contributed by atoms with Crippen LogP contribution in [0, 0.1) is 17.8 Å². The molecule has 3 aliphatic heterocycles. The van der Waals surface area contributed by atoms with E-state index in [9.17, 15) is 38.7 Å². The Kier molecular flexibility index (Phi) is 24.8. The highest BCUT2D eigenvalue weighted by Crippen LogP contribution is 2.50. The number of aromatic nitrogens is 1. The molecule has 0 spiro atoms. The molecule has 3 aliphatic rings. The first-order chi connectivity index (χ1) is 40.4. The number of ketones is 2. The topological polar surface area (TPSA) is 298 Å². The maximum atomic E-state index is 14.6. The average Bonchev–Trinajstić information content (AvgIpc) is 2.20. The summed E-state index contributed by atoms with van der Waals surface area (Å²) >= 11 is 12.5. The van der Waals surface area contributed by atoms with Crippen LogP contribution in [0.2, 0.25) is 5.02 Å². The molecule has 2 aromatic carbocycles. The maximum Gasteiger partial charge on any atom is 0.412 e. The predicted molar refractivity (Wildman–Crippen MR) is 324 cm³/mol. The number of pyridine rings is 1. The summed E-state index contributed by atoms with van der Waals surface area (Å²) in [6.07, 6.45) is 2.71.